The van der Waals surface area contributed by atoms with Crippen LogP contribution in [0.15, 0.2) is 12.1 Å². The lowest BCUT2D eigenvalue weighted by molar-refractivity contribution is -0.120. The lowest BCUT2D eigenvalue weighted by atomic mass is 10.1. The van der Waals surface area contributed by atoms with E-state index in [0.29, 0.717) is 5.75 Å². The molecule has 0 unspecified atom stereocenters. The topological polar surface area (TPSA) is 73.6 Å². The van der Waals surface area contributed by atoms with Crippen LogP contribution < -0.4 is 20.7 Å². The average molecular weight is 224 g/mol. The number of aryl methyl sites for hydroxylation is 1. The summed E-state index contributed by atoms with van der Waals surface area (Å²) < 4.78 is 10.4. The molecule has 0 saturated carbocycles. The second kappa shape index (κ2) is 5.37. The molecule has 3 N–H and O–H groups in total. The second-order valence-corrected chi connectivity index (χ2v) is 3.38. The Kier molecular flexibility index (Phi) is 4.13. The molecule has 16 heavy (non-hydrogen) atoms. The molecule has 0 bridgehead atoms. The van der Waals surface area contributed by atoms with E-state index in [4.69, 9.17) is 15.3 Å². The molecule has 0 saturated heterocycles. The number of amides is 1. The van der Waals surface area contributed by atoms with Gasteiger partial charge in [-0.2, -0.15) is 0 Å². The van der Waals surface area contributed by atoms with Crippen molar-refractivity contribution in [3.8, 4) is 11.5 Å². The molecule has 1 amide bonds. The molecule has 0 aliphatic heterocycles. The summed E-state index contributed by atoms with van der Waals surface area (Å²) >= 11 is 0. The lowest BCUT2D eigenvalue weighted by Crippen LogP contribution is -2.31. The SMILES string of the molecule is COc1cc(CC(=O)NN)c(OC)cc1C. The van der Waals surface area contributed by atoms with Crippen molar-refractivity contribution in [1.29, 1.82) is 0 Å². The molecule has 5 heteroatoms. The van der Waals surface area contributed by atoms with E-state index in [1.54, 1.807) is 20.3 Å². The molecule has 0 aromatic heterocycles. The maximum absolute atomic E-state index is 11.2. The number of hydrazine groups is 1. The maximum atomic E-state index is 11.2. The Labute approximate surface area is 94.5 Å². The molecule has 1 rings (SSSR count). The number of benzene rings is 1. The minimum absolute atomic E-state index is 0.163. The van der Waals surface area contributed by atoms with Gasteiger partial charge in [0.15, 0.2) is 0 Å². The number of hydrogen-bond acceptors (Lipinski definition) is 4. The number of nitrogens with two attached hydrogens (primary N) is 1. The van der Waals surface area contributed by atoms with Gasteiger partial charge >= 0.3 is 0 Å². The first-order valence-corrected chi connectivity index (χ1v) is 4.83. The normalized spacial score (nSPS) is 9.75. The Balaban J connectivity index is 3.09. The summed E-state index contributed by atoms with van der Waals surface area (Å²) in [6.07, 6.45) is 0.163. The third kappa shape index (κ3) is 2.64. The van der Waals surface area contributed by atoms with Gasteiger partial charge in [0.05, 0.1) is 20.6 Å². The Morgan fingerprint density at radius 3 is 2.44 bits per heavy atom. The number of hydrogen-bond donors (Lipinski definition) is 2. The monoisotopic (exact) mass is 224 g/mol. The summed E-state index contributed by atoms with van der Waals surface area (Å²) in [5.74, 6) is 6.14. The molecular formula is C11H16N2O3. The van der Waals surface area contributed by atoms with E-state index in [2.05, 4.69) is 5.43 Å². The van der Waals surface area contributed by atoms with Gasteiger partial charge in [-0.3, -0.25) is 10.2 Å². The van der Waals surface area contributed by atoms with Gasteiger partial charge in [0.1, 0.15) is 11.5 Å². The molecule has 0 atom stereocenters. The number of carbonyl (C=O) groups is 1. The number of carbonyl (C=O) groups excluding carboxylic acids is 1. The quantitative estimate of drug-likeness (QED) is 0.445. The highest BCUT2D eigenvalue weighted by atomic mass is 16.5. The molecule has 0 aliphatic carbocycles. The predicted octanol–water partition coefficient (Wildman–Crippen LogP) is 0.545. The fourth-order valence-corrected chi connectivity index (χ4v) is 1.48. The van der Waals surface area contributed by atoms with Crippen molar-refractivity contribution in [3.05, 3.63) is 23.3 Å². The van der Waals surface area contributed by atoms with Crippen LogP contribution in [-0.2, 0) is 11.2 Å². The van der Waals surface area contributed by atoms with Gasteiger partial charge < -0.3 is 9.47 Å². The summed E-state index contributed by atoms with van der Waals surface area (Å²) in [6.45, 7) is 1.91. The number of ether oxygens (including phenoxy) is 2. The zero-order valence-electron chi connectivity index (χ0n) is 9.66. The van der Waals surface area contributed by atoms with E-state index < -0.39 is 0 Å². The van der Waals surface area contributed by atoms with E-state index in [0.717, 1.165) is 16.9 Å². The molecular weight excluding hydrogens is 208 g/mol. The van der Waals surface area contributed by atoms with Gasteiger partial charge in [0.25, 0.3) is 0 Å². The highest BCUT2D eigenvalue weighted by molar-refractivity contribution is 5.79. The molecule has 0 aliphatic rings. The first-order valence-electron chi connectivity index (χ1n) is 4.83. The van der Waals surface area contributed by atoms with Crippen molar-refractivity contribution in [3.63, 3.8) is 0 Å². The van der Waals surface area contributed by atoms with Crippen LogP contribution in [0.1, 0.15) is 11.1 Å². The first-order chi connectivity index (χ1) is 7.62. The van der Waals surface area contributed by atoms with Crippen molar-refractivity contribution in [2.45, 2.75) is 13.3 Å². The number of methoxy groups -OCH3 is 2. The van der Waals surface area contributed by atoms with Crippen molar-refractivity contribution >= 4 is 5.91 Å². The van der Waals surface area contributed by atoms with Crippen LogP contribution in [0.3, 0.4) is 0 Å². The van der Waals surface area contributed by atoms with Gasteiger partial charge in [0.2, 0.25) is 5.91 Å². The van der Waals surface area contributed by atoms with Crippen LogP contribution >= 0.6 is 0 Å². The third-order valence-corrected chi connectivity index (χ3v) is 2.31. The second-order valence-electron chi connectivity index (χ2n) is 3.38. The van der Waals surface area contributed by atoms with E-state index in [1.807, 2.05) is 13.0 Å². The van der Waals surface area contributed by atoms with Crippen LogP contribution in [0.2, 0.25) is 0 Å². The summed E-state index contributed by atoms with van der Waals surface area (Å²) in [4.78, 5) is 11.2. The number of rotatable bonds is 4. The Morgan fingerprint density at radius 1 is 1.31 bits per heavy atom. The van der Waals surface area contributed by atoms with Crippen molar-refractivity contribution < 1.29 is 14.3 Å². The standard InChI is InChI=1S/C11H16N2O3/c1-7-4-10(16-3)8(5-9(7)15-2)6-11(14)13-12/h4-5H,6,12H2,1-3H3,(H,13,14). The summed E-state index contributed by atoms with van der Waals surface area (Å²) in [5, 5.41) is 0. The van der Waals surface area contributed by atoms with Crippen LogP contribution in [0.4, 0.5) is 0 Å². The van der Waals surface area contributed by atoms with E-state index in [9.17, 15) is 4.79 Å². The van der Waals surface area contributed by atoms with Gasteiger partial charge in [-0.25, -0.2) is 5.84 Å². The molecule has 0 spiro atoms. The van der Waals surface area contributed by atoms with E-state index in [-0.39, 0.29) is 12.3 Å². The highest BCUT2D eigenvalue weighted by Gasteiger charge is 2.11. The van der Waals surface area contributed by atoms with Gasteiger partial charge in [-0.15, -0.1) is 0 Å². The van der Waals surface area contributed by atoms with E-state index in [1.165, 1.54) is 0 Å². The minimum Gasteiger partial charge on any atom is -0.496 e. The van der Waals surface area contributed by atoms with Crippen molar-refractivity contribution in [2.24, 2.45) is 5.84 Å². The average Bonchev–Trinajstić information content (AvgIpc) is 2.30. The zero-order chi connectivity index (χ0) is 12.1. The fraction of sp³-hybridized carbons (Fsp3) is 0.364. The Bertz CT molecular complexity index is 391. The predicted molar refractivity (Wildman–Crippen MR) is 60.3 cm³/mol. The molecule has 1 aromatic carbocycles. The van der Waals surface area contributed by atoms with Gasteiger partial charge in [-0.05, 0) is 24.6 Å². The molecule has 0 radical (unpaired) electrons. The maximum Gasteiger partial charge on any atom is 0.238 e. The van der Waals surface area contributed by atoms with Crippen molar-refractivity contribution in [2.75, 3.05) is 14.2 Å². The van der Waals surface area contributed by atoms with Crippen LogP contribution in [0, 0.1) is 6.92 Å². The van der Waals surface area contributed by atoms with E-state index >= 15 is 0 Å². The summed E-state index contributed by atoms with van der Waals surface area (Å²) in [5.41, 5.74) is 3.78. The minimum atomic E-state index is -0.274. The Hall–Kier alpha value is -1.75. The van der Waals surface area contributed by atoms with Crippen LogP contribution in [0.25, 0.3) is 0 Å². The first kappa shape index (κ1) is 12.3. The Morgan fingerprint density at radius 2 is 1.94 bits per heavy atom. The molecule has 5 nitrogen and oxygen atoms in total. The molecule has 0 fully saturated rings. The summed E-state index contributed by atoms with van der Waals surface area (Å²) in [7, 11) is 3.15. The largest absolute Gasteiger partial charge is 0.496 e. The lowest BCUT2D eigenvalue weighted by Gasteiger charge is -2.12. The molecule has 0 heterocycles. The van der Waals surface area contributed by atoms with Gasteiger partial charge in [0, 0.05) is 5.56 Å². The van der Waals surface area contributed by atoms with Crippen molar-refractivity contribution in [1.82, 2.24) is 5.43 Å². The number of nitrogens with one attached hydrogen (secondary N) is 1. The van der Waals surface area contributed by atoms with Crippen LogP contribution in [0.5, 0.6) is 11.5 Å². The fourth-order valence-electron chi connectivity index (χ4n) is 1.48. The van der Waals surface area contributed by atoms with Gasteiger partial charge in [-0.1, -0.05) is 0 Å². The third-order valence-electron chi connectivity index (χ3n) is 2.31. The highest BCUT2D eigenvalue weighted by Crippen LogP contribution is 2.28. The molecule has 88 valence electrons. The molecule has 1 aromatic rings. The van der Waals surface area contributed by atoms with Crippen LogP contribution in [-0.4, -0.2) is 20.1 Å². The zero-order valence-corrected chi connectivity index (χ0v) is 9.66. The smallest absolute Gasteiger partial charge is 0.238 e. The summed E-state index contributed by atoms with van der Waals surface area (Å²) in [6, 6.07) is 3.61.